The molecule has 1 aromatic rings. The molecule has 0 fully saturated rings. The molecule has 3 nitrogen and oxygen atoms in total. The fourth-order valence-corrected chi connectivity index (χ4v) is 1.52. The molecule has 0 saturated heterocycles. The Morgan fingerprint density at radius 3 is 2.44 bits per heavy atom. The molecule has 0 aliphatic carbocycles. The van der Waals surface area contributed by atoms with Gasteiger partial charge >= 0.3 is 0 Å². The highest BCUT2D eigenvalue weighted by molar-refractivity contribution is 5.88. The van der Waals surface area contributed by atoms with Crippen molar-refractivity contribution >= 4 is 11.5 Å². The minimum atomic E-state index is -1.15. The van der Waals surface area contributed by atoms with Crippen LogP contribution < -0.4 is 9.84 Å². The van der Waals surface area contributed by atoms with E-state index in [1.165, 1.54) is 0 Å². The number of hydrogen-bond donors (Lipinski definition) is 0. The summed E-state index contributed by atoms with van der Waals surface area (Å²) >= 11 is 0. The first-order valence-electron chi connectivity index (χ1n) is 5.23. The quantitative estimate of drug-likeness (QED) is 0.707. The van der Waals surface area contributed by atoms with Crippen LogP contribution in [-0.4, -0.2) is 13.1 Å². The number of allylic oxidation sites excluding steroid dienone is 1. The number of carboxylic acids is 1. The van der Waals surface area contributed by atoms with Crippen LogP contribution in [0.4, 0.5) is 0 Å². The first kappa shape index (κ1) is 12.3. The molecular weight excluding hydrogens is 204 g/mol. The summed E-state index contributed by atoms with van der Waals surface area (Å²) in [4.78, 5) is 10.6. The Bertz CT molecular complexity index is 377. The minimum Gasteiger partial charge on any atom is -0.545 e. The molecule has 0 aliphatic heterocycles. The number of aliphatic carboxylic acids is 1. The van der Waals surface area contributed by atoms with Gasteiger partial charge in [-0.15, -0.1) is 0 Å². The fraction of sp³-hybridized carbons (Fsp3) is 0.308. The molecule has 0 unspecified atom stereocenters. The molecule has 0 atom stereocenters. The van der Waals surface area contributed by atoms with Gasteiger partial charge in [0.05, 0.1) is 13.1 Å². The van der Waals surface area contributed by atoms with Gasteiger partial charge in [-0.3, -0.25) is 0 Å². The number of carbonyl (C=O) groups is 1. The highest BCUT2D eigenvalue weighted by atomic mass is 16.5. The topological polar surface area (TPSA) is 49.4 Å². The maximum atomic E-state index is 10.6. The van der Waals surface area contributed by atoms with Crippen molar-refractivity contribution in [1.29, 1.82) is 0 Å². The van der Waals surface area contributed by atoms with E-state index in [1.54, 1.807) is 7.11 Å². The van der Waals surface area contributed by atoms with Gasteiger partial charge < -0.3 is 14.6 Å². The van der Waals surface area contributed by atoms with E-state index in [0.717, 1.165) is 35.8 Å². The second-order valence-corrected chi connectivity index (χ2v) is 3.47. The standard InChI is InChI=1S/C13H16O3/c1-3-4-11(9-13(14)15)10-5-7-12(16-2)8-6-10/h5-9H,3-4H2,1-2H3,(H,14,15)/p-1/b11-9-. The summed E-state index contributed by atoms with van der Waals surface area (Å²) in [7, 11) is 1.60. The predicted molar refractivity (Wildman–Crippen MR) is 60.9 cm³/mol. The van der Waals surface area contributed by atoms with Gasteiger partial charge in [0, 0.05) is 0 Å². The van der Waals surface area contributed by atoms with Crippen LogP contribution in [0.3, 0.4) is 0 Å². The Hall–Kier alpha value is -1.77. The average molecular weight is 219 g/mol. The van der Waals surface area contributed by atoms with Crippen LogP contribution in [0.2, 0.25) is 0 Å². The van der Waals surface area contributed by atoms with Gasteiger partial charge in [0.25, 0.3) is 0 Å². The molecule has 1 aromatic carbocycles. The van der Waals surface area contributed by atoms with E-state index in [1.807, 2.05) is 31.2 Å². The highest BCUT2D eigenvalue weighted by Gasteiger charge is 2.01. The van der Waals surface area contributed by atoms with Gasteiger partial charge in [-0.2, -0.15) is 0 Å². The highest BCUT2D eigenvalue weighted by Crippen LogP contribution is 2.22. The molecule has 0 aromatic heterocycles. The second-order valence-electron chi connectivity index (χ2n) is 3.47. The molecule has 0 N–H and O–H groups in total. The van der Waals surface area contributed by atoms with E-state index in [-0.39, 0.29) is 0 Å². The van der Waals surface area contributed by atoms with Crippen LogP contribution >= 0.6 is 0 Å². The molecule has 1 rings (SSSR count). The maximum Gasteiger partial charge on any atom is 0.118 e. The number of ether oxygens (including phenoxy) is 1. The SMILES string of the molecule is CCC/C(=C/C(=O)[O-])c1ccc(OC)cc1. The van der Waals surface area contributed by atoms with Crippen molar-refractivity contribution in [1.82, 2.24) is 0 Å². The number of carbonyl (C=O) groups excluding carboxylic acids is 1. The van der Waals surface area contributed by atoms with Crippen LogP contribution in [0.1, 0.15) is 25.3 Å². The van der Waals surface area contributed by atoms with E-state index < -0.39 is 5.97 Å². The average Bonchev–Trinajstić information content (AvgIpc) is 2.28. The summed E-state index contributed by atoms with van der Waals surface area (Å²) < 4.78 is 5.04. The third kappa shape index (κ3) is 3.42. The number of carboxylic acid groups (broad SMARTS) is 1. The van der Waals surface area contributed by atoms with Gasteiger partial charge in [0.1, 0.15) is 5.75 Å². The molecule has 16 heavy (non-hydrogen) atoms. The minimum absolute atomic E-state index is 0.723. The lowest BCUT2D eigenvalue weighted by atomic mass is 10.0. The van der Waals surface area contributed by atoms with Crippen molar-refractivity contribution in [2.75, 3.05) is 7.11 Å². The first-order valence-corrected chi connectivity index (χ1v) is 5.23. The number of hydrogen-bond acceptors (Lipinski definition) is 3. The summed E-state index contributed by atoms with van der Waals surface area (Å²) in [6.45, 7) is 2.01. The normalized spacial score (nSPS) is 11.2. The van der Waals surface area contributed by atoms with E-state index in [0.29, 0.717) is 0 Å². The van der Waals surface area contributed by atoms with E-state index in [9.17, 15) is 9.90 Å². The summed E-state index contributed by atoms with van der Waals surface area (Å²) in [5.41, 5.74) is 1.68. The number of benzene rings is 1. The van der Waals surface area contributed by atoms with Gasteiger partial charge in [-0.05, 0) is 35.8 Å². The van der Waals surface area contributed by atoms with Crippen molar-refractivity contribution in [3.63, 3.8) is 0 Å². The van der Waals surface area contributed by atoms with E-state index >= 15 is 0 Å². The van der Waals surface area contributed by atoms with Crippen molar-refractivity contribution in [3.05, 3.63) is 35.9 Å². The lowest BCUT2D eigenvalue weighted by Crippen LogP contribution is -2.19. The second kappa shape index (κ2) is 5.95. The summed E-state index contributed by atoms with van der Waals surface area (Å²) in [6.07, 6.45) is 2.77. The van der Waals surface area contributed by atoms with Crippen LogP contribution in [0, 0.1) is 0 Å². The Balaban J connectivity index is 2.97. The molecule has 0 radical (unpaired) electrons. The molecular formula is C13H15O3-. The van der Waals surface area contributed by atoms with E-state index in [4.69, 9.17) is 4.74 Å². The van der Waals surface area contributed by atoms with Crippen LogP contribution in [-0.2, 0) is 4.79 Å². The van der Waals surface area contributed by atoms with Crippen molar-refractivity contribution in [3.8, 4) is 5.75 Å². The fourth-order valence-electron chi connectivity index (χ4n) is 1.52. The molecule has 0 spiro atoms. The van der Waals surface area contributed by atoms with Crippen LogP contribution in [0.25, 0.3) is 5.57 Å². The third-order valence-electron chi connectivity index (χ3n) is 2.27. The summed E-state index contributed by atoms with van der Waals surface area (Å²) in [6, 6.07) is 7.33. The monoisotopic (exact) mass is 219 g/mol. The molecule has 0 saturated carbocycles. The van der Waals surface area contributed by atoms with Crippen LogP contribution in [0.5, 0.6) is 5.75 Å². The molecule has 0 amide bonds. The van der Waals surface area contributed by atoms with Gasteiger partial charge in [0.2, 0.25) is 0 Å². The molecule has 0 heterocycles. The Kier molecular flexibility index (Phi) is 4.58. The zero-order valence-corrected chi connectivity index (χ0v) is 9.53. The molecule has 0 aliphatic rings. The zero-order valence-electron chi connectivity index (χ0n) is 9.53. The van der Waals surface area contributed by atoms with Crippen molar-refractivity contribution in [2.45, 2.75) is 19.8 Å². The van der Waals surface area contributed by atoms with Crippen molar-refractivity contribution < 1.29 is 14.6 Å². The van der Waals surface area contributed by atoms with Gasteiger partial charge in [-0.1, -0.05) is 25.5 Å². The van der Waals surface area contributed by atoms with Gasteiger partial charge in [0.15, 0.2) is 0 Å². The summed E-state index contributed by atoms with van der Waals surface area (Å²) in [5.74, 6) is -0.396. The molecule has 3 heteroatoms. The largest absolute Gasteiger partial charge is 0.545 e. The lowest BCUT2D eigenvalue weighted by Gasteiger charge is -2.08. The number of methoxy groups -OCH3 is 1. The molecule has 86 valence electrons. The Morgan fingerprint density at radius 1 is 1.38 bits per heavy atom. The maximum absolute atomic E-state index is 10.6. The smallest absolute Gasteiger partial charge is 0.118 e. The lowest BCUT2D eigenvalue weighted by molar-refractivity contribution is -0.297. The Labute approximate surface area is 95.4 Å². The number of rotatable bonds is 5. The first-order chi connectivity index (χ1) is 7.67. The van der Waals surface area contributed by atoms with E-state index in [2.05, 4.69) is 0 Å². The van der Waals surface area contributed by atoms with Crippen molar-refractivity contribution in [2.24, 2.45) is 0 Å². The third-order valence-corrected chi connectivity index (χ3v) is 2.27. The molecule has 0 bridgehead atoms. The van der Waals surface area contributed by atoms with Gasteiger partial charge in [-0.25, -0.2) is 0 Å². The Morgan fingerprint density at radius 2 is 2.00 bits per heavy atom. The zero-order chi connectivity index (χ0) is 12.0. The van der Waals surface area contributed by atoms with Crippen LogP contribution in [0.15, 0.2) is 30.3 Å². The summed E-state index contributed by atoms with van der Waals surface area (Å²) in [5, 5.41) is 10.6. The predicted octanol–water partition coefficient (Wildman–Crippen LogP) is 1.63.